The molecular weight excluding hydrogens is 606 g/mol. The molecule has 0 spiro atoms. The van der Waals surface area contributed by atoms with Crippen LogP contribution in [0.1, 0.15) is 54.6 Å². The van der Waals surface area contributed by atoms with Crippen molar-refractivity contribution in [3.05, 3.63) is 93.7 Å². The van der Waals surface area contributed by atoms with Crippen LogP contribution in [-0.2, 0) is 14.9 Å². The zero-order valence-electron chi connectivity index (χ0n) is 24.0. The fraction of sp³-hybridized carbons (Fsp3) is 0.303. The van der Waals surface area contributed by atoms with Crippen LogP contribution in [0.25, 0.3) is 22.2 Å². The fourth-order valence-corrected chi connectivity index (χ4v) is 5.43. The van der Waals surface area contributed by atoms with Gasteiger partial charge in [-0.3, -0.25) is 9.59 Å². The number of carbonyl (C=O) groups is 2. The second kappa shape index (κ2) is 13.4. The van der Waals surface area contributed by atoms with Gasteiger partial charge in [0.1, 0.15) is 11.6 Å². The number of hydrogen-bond acceptors (Lipinski definition) is 5. The molecule has 1 heterocycles. The third-order valence-electron chi connectivity index (χ3n) is 7.23. The van der Waals surface area contributed by atoms with Crippen LogP contribution in [0, 0.1) is 12.7 Å². The van der Waals surface area contributed by atoms with Crippen molar-refractivity contribution in [2.75, 3.05) is 13.7 Å². The summed E-state index contributed by atoms with van der Waals surface area (Å²) in [5, 5.41) is 3.64. The van der Waals surface area contributed by atoms with Gasteiger partial charge >= 0.3 is 5.97 Å². The molecule has 9 heteroatoms. The van der Waals surface area contributed by atoms with Crippen molar-refractivity contribution in [3.63, 3.8) is 0 Å². The molecule has 0 radical (unpaired) electrons. The first-order valence-electron chi connectivity index (χ1n) is 13.7. The Bertz CT molecular complexity index is 1600. The molecule has 4 rings (SSSR count). The Morgan fingerprint density at radius 3 is 2.52 bits per heavy atom. The summed E-state index contributed by atoms with van der Waals surface area (Å²) in [7, 11) is 1.39. The number of esters is 1. The molecule has 1 amide bonds. The van der Waals surface area contributed by atoms with Gasteiger partial charge in [-0.15, -0.1) is 0 Å². The van der Waals surface area contributed by atoms with E-state index in [0.29, 0.717) is 39.7 Å². The monoisotopic (exact) mass is 638 g/mol. The molecule has 4 aromatic rings. The lowest BCUT2D eigenvalue weighted by molar-refractivity contribution is -0.159. The standard InChI is InChI=1S/C33H33BrF2N2O4/c1-5-9-28(36)42-29(39)18-33(3,25-14-13-23(35)17-27(25)41-4)19-37-32(40)30-20(2)31(21-10-7-6-8-11-21)38-26-15-12-22(34)16-24(26)30/h6-8,10-17,28H,5,9,18-19H2,1-4H3,(H,37,40). The zero-order valence-corrected chi connectivity index (χ0v) is 25.6. The number of alkyl halides is 1. The summed E-state index contributed by atoms with van der Waals surface area (Å²) in [6.07, 6.45) is -1.44. The quantitative estimate of drug-likeness (QED) is 0.169. The molecule has 1 N–H and O–H groups in total. The van der Waals surface area contributed by atoms with Crippen molar-refractivity contribution in [1.82, 2.24) is 10.3 Å². The minimum Gasteiger partial charge on any atom is -0.496 e. The van der Waals surface area contributed by atoms with Gasteiger partial charge in [0.2, 0.25) is 6.36 Å². The maximum Gasteiger partial charge on any atom is 0.309 e. The van der Waals surface area contributed by atoms with Crippen LogP contribution < -0.4 is 10.1 Å². The number of amides is 1. The van der Waals surface area contributed by atoms with Gasteiger partial charge in [-0.05, 0) is 43.2 Å². The van der Waals surface area contributed by atoms with Crippen LogP contribution in [0.2, 0.25) is 0 Å². The molecule has 42 heavy (non-hydrogen) atoms. The zero-order chi connectivity index (χ0) is 30.4. The van der Waals surface area contributed by atoms with E-state index in [1.807, 2.05) is 55.5 Å². The molecular formula is C33H33BrF2N2O4. The third kappa shape index (κ3) is 6.95. The van der Waals surface area contributed by atoms with Gasteiger partial charge in [0.15, 0.2) is 0 Å². The van der Waals surface area contributed by atoms with Crippen molar-refractivity contribution in [1.29, 1.82) is 0 Å². The number of rotatable bonds is 11. The summed E-state index contributed by atoms with van der Waals surface area (Å²) >= 11 is 3.50. The second-order valence-electron chi connectivity index (χ2n) is 10.4. The summed E-state index contributed by atoms with van der Waals surface area (Å²) in [6, 6.07) is 19.1. The first-order chi connectivity index (χ1) is 20.1. The van der Waals surface area contributed by atoms with Gasteiger partial charge in [0.05, 0.1) is 30.3 Å². The molecule has 0 bridgehead atoms. The number of nitrogens with one attached hydrogen (secondary N) is 1. The lowest BCUT2D eigenvalue weighted by Crippen LogP contribution is -2.41. The predicted octanol–water partition coefficient (Wildman–Crippen LogP) is 7.84. The molecule has 6 nitrogen and oxygen atoms in total. The largest absolute Gasteiger partial charge is 0.496 e. The van der Waals surface area contributed by atoms with E-state index < -0.39 is 23.6 Å². The Kier molecular flexibility index (Phi) is 9.93. The molecule has 0 saturated carbocycles. The van der Waals surface area contributed by atoms with Crippen LogP contribution in [-0.4, -0.2) is 36.9 Å². The number of methoxy groups -OCH3 is 1. The van der Waals surface area contributed by atoms with Gasteiger partial charge in [-0.2, -0.15) is 0 Å². The minimum absolute atomic E-state index is 0.0500. The van der Waals surface area contributed by atoms with E-state index in [4.69, 9.17) is 14.5 Å². The number of pyridine rings is 1. The van der Waals surface area contributed by atoms with Gasteiger partial charge in [-0.25, -0.2) is 13.8 Å². The highest BCUT2D eigenvalue weighted by Crippen LogP contribution is 2.36. The van der Waals surface area contributed by atoms with Crippen LogP contribution in [0.4, 0.5) is 8.78 Å². The van der Waals surface area contributed by atoms with E-state index in [1.165, 1.54) is 25.3 Å². The molecule has 1 aromatic heterocycles. The highest BCUT2D eigenvalue weighted by Gasteiger charge is 2.35. The minimum atomic E-state index is -1.74. The number of fused-ring (bicyclic) bond motifs is 1. The number of halogens is 3. The molecule has 2 atom stereocenters. The summed E-state index contributed by atoms with van der Waals surface area (Å²) < 4.78 is 39.5. The van der Waals surface area contributed by atoms with Crippen molar-refractivity contribution in [2.45, 2.75) is 51.8 Å². The Labute approximate surface area is 252 Å². The molecule has 3 aromatic carbocycles. The third-order valence-corrected chi connectivity index (χ3v) is 7.72. The molecule has 0 saturated heterocycles. The van der Waals surface area contributed by atoms with Crippen molar-refractivity contribution < 1.29 is 27.8 Å². The summed E-state index contributed by atoms with van der Waals surface area (Å²) in [4.78, 5) is 31.7. The lowest BCUT2D eigenvalue weighted by atomic mass is 9.78. The number of nitrogens with zero attached hydrogens (tertiary/aromatic N) is 1. The lowest BCUT2D eigenvalue weighted by Gasteiger charge is -2.31. The van der Waals surface area contributed by atoms with Gasteiger partial charge in [-0.1, -0.05) is 66.2 Å². The van der Waals surface area contributed by atoms with Crippen molar-refractivity contribution in [2.24, 2.45) is 0 Å². The smallest absolute Gasteiger partial charge is 0.309 e. The first-order valence-corrected chi connectivity index (χ1v) is 14.5. The Morgan fingerprint density at radius 1 is 1.10 bits per heavy atom. The average Bonchev–Trinajstić information content (AvgIpc) is 2.96. The van der Waals surface area contributed by atoms with E-state index in [9.17, 15) is 18.4 Å². The van der Waals surface area contributed by atoms with Crippen LogP contribution in [0.3, 0.4) is 0 Å². The number of hydrogen-bond donors (Lipinski definition) is 1. The summed E-state index contributed by atoms with van der Waals surface area (Å²) in [5.41, 5.74) is 2.64. The molecule has 0 aliphatic rings. The summed E-state index contributed by atoms with van der Waals surface area (Å²) in [5.74, 6) is -1.48. The molecule has 2 unspecified atom stereocenters. The van der Waals surface area contributed by atoms with Crippen molar-refractivity contribution in [3.8, 4) is 17.0 Å². The SMILES string of the molecule is CCCC(F)OC(=O)CC(C)(CNC(=O)c1c(C)c(-c2ccccc2)nc2ccc(Br)cc12)c1ccc(F)cc1OC. The number of aromatic nitrogens is 1. The predicted molar refractivity (Wildman–Crippen MR) is 163 cm³/mol. The fourth-order valence-electron chi connectivity index (χ4n) is 5.07. The summed E-state index contributed by atoms with van der Waals surface area (Å²) in [6.45, 7) is 5.31. The van der Waals surface area contributed by atoms with Gasteiger partial charge in [0.25, 0.3) is 5.91 Å². The Morgan fingerprint density at radius 2 is 1.83 bits per heavy atom. The number of ether oxygens (including phenoxy) is 2. The number of benzene rings is 3. The second-order valence-corrected chi connectivity index (χ2v) is 11.4. The molecule has 0 fully saturated rings. The normalized spacial score (nSPS) is 13.3. The molecule has 0 aliphatic carbocycles. The van der Waals surface area contributed by atoms with E-state index >= 15 is 0 Å². The van der Waals surface area contributed by atoms with Crippen LogP contribution in [0.5, 0.6) is 5.75 Å². The highest BCUT2D eigenvalue weighted by molar-refractivity contribution is 9.10. The maximum atomic E-state index is 14.2. The van der Waals surface area contributed by atoms with E-state index in [0.717, 1.165) is 10.0 Å². The highest BCUT2D eigenvalue weighted by atomic mass is 79.9. The van der Waals surface area contributed by atoms with Gasteiger partial charge in [0, 0.05) is 45.4 Å². The number of carbonyl (C=O) groups excluding carboxylic acids is 2. The van der Waals surface area contributed by atoms with Crippen LogP contribution in [0.15, 0.2) is 71.2 Å². The Balaban J connectivity index is 1.74. The first kappa shape index (κ1) is 31.1. The Hall–Kier alpha value is -3.85. The van der Waals surface area contributed by atoms with Gasteiger partial charge < -0.3 is 14.8 Å². The molecule has 0 aliphatic heterocycles. The van der Waals surface area contributed by atoms with E-state index in [1.54, 1.807) is 13.8 Å². The van der Waals surface area contributed by atoms with Crippen molar-refractivity contribution >= 4 is 38.7 Å². The van der Waals surface area contributed by atoms with E-state index in [-0.39, 0.29) is 31.0 Å². The maximum absolute atomic E-state index is 14.2. The van der Waals surface area contributed by atoms with E-state index in [2.05, 4.69) is 21.2 Å². The molecule has 220 valence electrons. The topological polar surface area (TPSA) is 77.5 Å². The van der Waals surface area contributed by atoms with Crippen LogP contribution >= 0.6 is 15.9 Å². The average molecular weight is 640 g/mol.